The number of nitrogens with two attached hydrogens (primary N) is 1. The molecule has 1 unspecified atom stereocenters. The van der Waals surface area contributed by atoms with Crippen molar-refractivity contribution in [1.82, 2.24) is 14.9 Å². The summed E-state index contributed by atoms with van der Waals surface area (Å²) in [4.78, 5) is 34.0. The minimum absolute atomic E-state index is 0.0247. The zero-order valence-electron chi connectivity index (χ0n) is 17.3. The van der Waals surface area contributed by atoms with E-state index in [1.807, 2.05) is 32.0 Å². The Morgan fingerprint density at radius 1 is 1.33 bits per heavy atom. The predicted molar refractivity (Wildman–Crippen MR) is 115 cm³/mol. The number of aldehydes is 1. The molecule has 3 rings (SSSR count). The lowest BCUT2D eigenvalue weighted by atomic mass is 10.0. The summed E-state index contributed by atoms with van der Waals surface area (Å²) in [7, 11) is 0. The molecule has 1 aliphatic heterocycles. The van der Waals surface area contributed by atoms with Gasteiger partial charge in [0.15, 0.2) is 12.1 Å². The Balaban J connectivity index is 1.77. The van der Waals surface area contributed by atoms with Crippen LogP contribution in [0.25, 0.3) is 0 Å². The number of aromatic nitrogens is 2. The molecule has 1 aromatic carbocycles. The van der Waals surface area contributed by atoms with E-state index in [4.69, 9.17) is 10.5 Å². The second kappa shape index (κ2) is 10.1. The number of benzene rings is 1. The molecule has 1 aromatic heterocycles. The number of nitrogens with one attached hydrogen (secondary N) is 2. The topological polar surface area (TPSA) is 122 Å². The summed E-state index contributed by atoms with van der Waals surface area (Å²) in [5, 5.41) is 6.17. The van der Waals surface area contributed by atoms with Crippen LogP contribution >= 0.6 is 0 Å². The Morgan fingerprint density at radius 2 is 2.10 bits per heavy atom. The predicted octanol–water partition coefficient (Wildman–Crippen LogP) is 1.79. The number of anilines is 3. The van der Waals surface area contributed by atoms with Gasteiger partial charge in [-0.05, 0) is 23.6 Å². The van der Waals surface area contributed by atoms with Crippen molar-refractivity contribution < 1.29 is 14.3 Å². The molecule has 1 saturated heterocycles. The quantitative estimate of drug-likeness (QED) is 0.533. The third-order valence-electron chi connectivity index (χ3n) is 4.89. The van der Waals surface area contributed by atoms with Gasteiger partial charge in [-0.3, -0.25) is 14.5 Å². The van der Waals surface area contributed by atoms with E-state index < -0.39 is 11.9 Å². The molecule has 2 heterocycles. The molecule has 0 spiro atoms. The molecule has 1 amide bonds. The third kappa shape index (κ3) is 5.74. The Hall–Kier alpha value is -3.04. The summed E-state index contributed by atoms with van der Waals surface area (Å²) in [6.07, 6.45) is 2.06. The van der Waals surface area contributed by atoms with E-state index in [-0.39, 0.29) is 11.6 Å². The van der Waals surface area contributed by atoms with E-state index in [9.17, 15) is 9.59 Å². The molecule has 2 aromatic rings. The van der Waals surface area contributed by atoms with E-state index in [0.29, 0.717) is 17.9 Å². The number of nitrogens with zero attached hydrogens (tertiary/aromatic N) is 3. The van der Waals surface area contributed by atoms with Crippen LogP contribution in [-0.2, 0) is 16.1 Å². The van der Waals surface area contributed by atoms with Crippen molar-refractivity contribution in [3.63, 3.8) is 0 Å². The highest BCUT2D eigenvalue weighted by Crippen LogP contribution is 2.21. The molecule has 4 N–H and O–H groups in total. The fourth-order valence-electron chi connectivity index (χ4n) is 3.27. The van der Waals surface area contributed by atoms with Crippen molar-refractivity contribution in [2.24, 2.45) is 11.7 Å². The first-order chi connectivity index (χ1) is 14.5. The van der Waals surface area contributed by atoms with Gasteiger partial charge in [0.2, 0.25) is 5.91 Å². The van der Waals surface area contributed by atoms with Crippen molar-refractivity contribution in [2.45, 2.75) is 26.4 Å². The van der Waals surface area contributed by atoms with Crippen LogP contribution in [-0.4, -0.2) is 59.4 Å². The van der Waals surface area contributed by atoms with Gasteiger partial charge >= 0.3 is 0 Å². The highest BCUT2D eigenvalue weighted by molar-refractivity contribution is 5.84. The van der Waals surface area contributed by atoms with Gasteiger partial charge in [-0.15, -0.1) is 0 Å². The van der Waals surface area contributed by atoms with Gasteiger partial charge in [-0.2, -0.15) is 0 Å². The van der Waals surface area contributed by atoms with Gasteiger partial charge < -0.3 is 21.1 Å². The van der Waals surface area contributed by atoms with Crippen LogP contribution in [0, 0.1) is 5.92 Å². The van der Waals surface area contributed by atoms with E-state index in [1.54, 1.807) is 0 Å². The zero-order chi connectivity index (χ0) is 21.5. The Kier molecular flexibility index (Phi) is 7.31. The highest BCUT2D eigenvalue weighted by Gasteiger charge is 2.20. The molecule has 30 heavy (non-hydrogen) atoms. The first kappa shape index (κ1) is 21.7. The maximum atomic E-state index is 11.7. The molecule has 0 aliphatic carbocycles. The summed E-state index contributed by atoms with van der Waals surface area (Å²) in [6.45, 7) is 7.90. The second-order valence-electron chi connectivity index (χ2n) is 7.59. The Morgan fingerprint density at radius 3 is 2.77 bits per heavy atom. The average molecular weight is 412 g/mol. The normalized spacial score (nSPS) is 15.6. The van der Waals surface area contributed by atoms with Crippen LogP contribution in [0.1, 0.15) is 29.9 Å². The first-order valence-electron chi connectivity index (χ1n) is 10.0. The zero-order valence-corrected chi connectivity index (χ0v) is 17.3. The number of carbonyl (C=O) groups is 2. The van der Waals surface area contributed by atoms with E-state index in [1.165, 1.54) is 6.20 Å². The number of primary amides is 1. The van der Waals surface area contributed by atoms with Crippen molar-refractivity contribution in [3.8, 4) is 0 Å². The summed E-state index contributed by atoms with van der Waals surface area (Å²) in [5.41, 5.74) is 7.58. The van der Waals surface area contributed by atoms with E-state index >= 15 is 0 Å². The van der Waals surface area contributed by atoms with Gasteiger partial charge in [0, 0.05) is 25.3 Å². The molecule has 1 fully saturated rings. The molecule has 9 nitrogen and oxygen atoms in total. The van der Waals surface area contributed by atoms with E-state index in [0.717, 1.165) is 44.1 Å². The van der Waals surface area contributed by atoms with Crippen LogP contribution in [0.2, 0.25) is 0 Å². The number of hydrogen-bond acceptors (Lipinski definition) is 8. The largest absolute Gasteiger partial charge is 0.379 e. The molecule has 1 aliphatic rings. The molecule has 0 saturated carbocycles. The summed E-state index contributed by atoms with van der Waals surface area (Å²) < 4.78 is 5.40. The summed E-state index contributed by atoms with van der Waals surface area (Å²) >= 11 is 0. The number of rotatable bonds is 9. The summed E-state index contributed by atoms with van der Waals surface area (Å²) in [5.74, 6) is 0.176. The Bertz CT molecular complexity index is 883. The minimum atomic E-state index is -0.592. The molecule has 9 heteroatoms. The lowest BCUT2D eigenvalue weighted by molar-refractivity contribution is -0.119. The van der Waals surface area contributed by atoms with Crippen LogP contribution in [0.5, 0.6) is 0 Å². The third-order valence-corrected chi connectivity index (χ3v) is 4.89. The number of ether oxygens (including phenoxy) is 1. The van der Waals surface area contributed by atoms with Gasteiger partial charge in [-0.1, -0.05) is 26.0 Å². The molecule has 0 bridgehead atoms. The second-order valence-corrected chi connectivity index (χ2v) is 7.59. The standard InChI is InChI=1S/C21H28N6O3/c1-14(2)19(20(22)29)25-18-11-23-17(13-28)21(26-18)24-16-5-3-4-15(10-16)12-27-6-8-30-9-7-27/h3-5,10-11,13-14,19H,6-9,12H2,1-2H3,(H2,22,29)(H2,24,25,26). The highest BCUT2D eigenvalue weighted by atomic mass is 16.5. The fraction of sp³-hybridized carbons (Fsp3) is 0.429. The Labute approximate surface area is 176 Å². The lowest BCUT2D eigenvalue weighted by Gasteiger charge is -2.26. The number of amides is 1. The number of hydrogen-bond donors (Lipinski definition) is 3. The van der Waals surface area contributed by atoms with Gasteiger partial charge in [0.05, 0.1) is 19.4 Å². The molecular weight excluding hydrogens is 384 g/mol. The van der Waals surface area contributed by atoms with Crippen molar-refractivity contribution >= 4 is 29.5 Å². The van der Waals surface area contributed by atoms with Crippen LogP contribution in [0.4, 0.5) is 17.3 Å². The number of morpholine rings is 1. The van der Waals surface area contributed by atoms with Crippen LogP contribution in [0.15, 0.2) is 30.5 Å². The maximum Gasteiger partial charge on any atom is 0.240 e. The lowest BCUT2D eigenvalue weighted by Crippen LogP contribution is -2.39. The van der Waals surface area contributed by atoms with Crippen molar-refractivity contribution in [1.29, 1.82) is 0 Å². The molecule has 1 atom stereocenters. The first-order valence-corrected chi connectivity index (χ1v) is 10.0. The van der Waals surface area contributed by atoms with Crippen LogP contribution < -0.4 is 16.4 Å². The molecule has 160 valence electrons. The van der Waals surface area contributed by atoms with Gasteiger partial charge in [0.25, 0.3) is 0 Å². The summed E-state index contributed by atoms with van der Waals surface area (Å²) in [6, 6.07) is 7.35. The SMILES string of the molecule is CC(C)C(Nc1cnc(C=O)c(Nc2cccc(CN3CCOCC3)c2)n1)C(N)=O. The molecular formula is C21H28N6O3. The van der Waals surface area contributed by atoms with Gasteiger partial charge in [-0.25, -0.2) is 9.97 Å². The minimum Gasteiger partial charge on any atom is -0.379 e. The van der Waals surface area contributed by atoms with E-state index in [2.05, 4.69) is 31.6 Å². The van der Waals surface area contributed by atoms with Crippen LogP contribution in [0.3, 0.4) is 0 Å². The van der Waals surface area contributed by atoms with Crippen molar-refractivity contribution in [3.05, 3.63) is 41.7 Å². The fourth-order valence-corrected chi connectivity index (χ4v) is 3.27. The maximum absolute atomic E-state index is 11.7. The average Bonchev–Trinajstić information content (AvgIpc) is 2.73. The molecule has 0 radical (unpaired) electrons. The monoisotopic (exact) mass is 412 g/mol. The van der Waals surface area contributed by atoms with Crippen molar-refractivity contribution in [2.75, 3.05) is 36.9 Å². The van der Waals surface area contributed by atoms with Gasteiger partial charge in [0.1, 0.15) is 17.6 Å². The smallest absolute Gasteiger partial charge is 0.240 e. The number of carbonyl (C=O) groups excluding carboxylic acids is 2.